The van der Waals surface area contributed by atoms with Crippen LogP contribution in [0.5, 0.6) is 0 Å². The molecular weight excluding hydrogens is 200 g/mol. The predicted molar refractivity (Wildman–Crippen MR) is 60.8 cm³/mol. The van der Waals surface area contributed by atoms with Gasteiger partial charge in [0.15, 0.2) is 0 Å². The van der Waals surface area contributed by atoms with Crippen molar-refractivity contribution in [2.75, 3.05) is 4.90 Å². The van der Waals surface area contributed by atoms with E-state index < -0.39 is 0 Å². The summed E-state index contributed by atoms with van der Waals surface area (Å²) in [4.78, 5) is 1.96. The van der Waals surface area contributed by atoms with Gasteiger partial charge in [-0.2, -0.15) is 5.26 Å². The van der Waals surface area contributed by atoms with Crippen LogP contribution in [0.25, 0.3) is 6.08 Å². The molecule has 0 N–H and O–H groups in total. The fourth-order valence-electron chi connectivity index (χ4n) is 1.89. The van der Waals surface area contributed by atoms with Crippen LogP contribution in [-0.2, 0) is 4.74 Å². The monoisotopic (exact) mass is 208 g/mol. The van der Waals surface area contributed by atoms with E-state index in [9.17, 15) is 0 Å². The average Bonchev–Trinajstić information content (AvgIpc) is 2.38. The lowest BCUT2D eigenvalue weighted by molar-refractivity contribution is 0.389. The zero-order valence-corrected chi connectivity index (χ0v) is 8.42. The quantitative estimate of drug-likeness (QED) is 0.657. The number of hydrogen-bond donors (Lipinski definition) is 0. The molecule has 3 nitrogen and oxygen atoms in total. The molecule has 0 radical (unpaired) electrons. The van der Waals surface area contributed by atoms with E-state index >= 15 is 0 Å². The Morgan fingerprint density at radius 3 is 3.00 bits per heavy atom. The van der Waals surface area contributed by atoms with E-state index in [0.29, 0.717) is 5.57 Å². The Kier molecular flexibility index (Phi) is 1.81. The average molecular weight is 208 g/mol. The summed E-state index contributed by atoms with van der Waals surface area (Å²) in [5.74, 6) is 0. The third-order valence-corrected chi connectivity index (χ3v) is 2.62. The van der Waals surface area contributed by atoms with Crippen molar-refractivity contribution in [3.05, 3.63) is 59.8 Å². The number of nitrogens with zero attached hydrogens (tertiary/aromatic N) is 2. The van der Waals surface area contributed by atoms with E-state index in [1.54, 1.807) is 12.5 Å². The van der Waals surface area contributed by atoms with Gasteiger partial charge in [-0.15, -0.1) is 0 Å². The zero-order valence-electron chi connectivity index (χ0n) is 8.42. The van der Waals surface area contributed by atoms with Gasteiger partial charge in [-0.3, -0.25) is 0 Å². The summed E-state index contributed by atoms with van der Waals surface area (Å²) >= 11 is 0. The Balaban J connectivity index is 2.25. The fraction of sp³-hybridized carbons (Fsp3) is 0. The number of allylic oxidation sites excluding steroid dienone is 1. The lowest BCUT2D eigenvalue weighted by Crippen LogP contribution is -2.22. The highest BCUT2D eigenvalue weighted by Crippen LogP contribution is 2.35. The first kappa shape index (κ1) is 8.81. The van der Waals surface area contributed by atoms with Gasteiger partial charge in [0, 0.05) is 6.20 Å². The van der Waals surface area contributed by atoms with Gasteiger partial charge in [0.25, 0.3) is 0 Å². The molecule has 0 bridgehead atoms. The van der Waals surface area contributed by atoms with Crippen molar-refractivity contribution in [1.82, 2.24) is 0 Å². The molecule has 0 fully saturated rings. The van der Waals surface area contributed by atoms with Crippen molar-refractivity contribution in [2.24, 2.45) is 0 Å². The second-order valence-corrected chi connectivity index (χ2v) is 3.52. The van der Waals surface area contributed by atoms with E-state index in [4.69, 9.17) is 10.00 Å². The highest BCUT2D eigenvalue weighted by molar-refractivity contribution is 5.82. The fourth-order valence-corrected chi connectivity index (χ4v) is 1.89. The first-order chi connectivity index (χ1) is 7.90. The normalized spacial score (nSPS) is 16.3. The number of fused-ring (bicyclic) bond motifs is 3. The minimum Gasteiger partial charge on any atom is -0.469 e. The first-order valence-electron chi connectivity index (χ1n) is 4.93. The Labute approximate surface area is 93.2 Å². The molecule has 0 atom stereocenters. The van der Waals surface area contributed by atoms with Crippen molar-refractivity contribution >= 4 is 11.8 Å². The molecule has 16 heavy (non-hydrogen) atoms. The molecule has 76 valence electrons. The summed E-state index contributed by atoms with van der Waals surface area (Å²) in [6.45, 7) is 0. The van der Waals surface area contributed by atoms with Crippen molar-refractivity contribution in [3.63, 3.8) is 0 Å². The van der Waals surface area contributed by atoms with Crippen LogP contribution in [0, 0.1) is 11.3 Å². The molecule has 2 heterocycles. The van der Waals surface area contributed by atoms with Crippen LogP contribution < -0.4 is 4.90 Å². The van der Waals surface area contributed by atoms with Crippen LogP contribution in [0.1, 0.15) is 5.56 Å². The maximum atomic E-state index is 9.09. The minimum atomic E-state index is 0.614. The van der Waals surface area contributed by atoms with Gasteiger partial charge in [0.05, 0.1) is 17.0 Å². The standard InChI is InChI=1S/C13H8N2O/c14-8-11-7-10-3-1-2-4-12(10)15-5-6-16-9-13(11)15/h1-7,9H. The molecular formula is C13H8N2O. The van der Waals surface area contributed by atoms with E-state index in [0.717, 1.165) is 16.9 Å². The third-order valence-electron chi connectivity index (χ3n) is 2.62. The highest BCUT2D eigenvalue weighted by Gasteiger charge is 2.23. The summed E-state index contributed by atoms with van der Waals surface area (Å²) < 4.78 is 5.11. The molecule has 0 aliphatic carbocycles. The number of anilines is 1. The van der Waals surface area contributed by atoms with E-state index in [-0.39, 0.29) is 0 Å². The Bertz CT molecular complexity index is 576. The minimum absolute atomic E-state index is 0.614. The van der Waals surface area contributed by atoms with Gasteiger partial charge >= 0.3 is 0 Å². The van der Waals surface area contributed by atoms with Crippen LogP contribution in [0.2, 0.25) is 0 Å². The highest BCUT2D eigenvalue weighted by atomic mass is 16.5. The molecule has 0 saturated heterocycles. The smallest absolute Gasteiger partial charge is 0.116 e. The van der Waals surface area contributed by atoms with Crippen molar-refractivity contribution in [3.8, 4) is 6.07 Å². The van der Waals surface area contributed by atoms with Crippen molar-refractivity contribution < 1.29 is 4.74 Å². The van der Waals surface area contributed by atoms with Gasteiger partial charge in [0.1, 0.15) is 18.6 Å². The largest absolute Gasteiger partial charge is 0.469 e. The van der Waals surface area contributed by atoms with Crippen LogP contribution in [0.4, 0.5) is 5.69 Å². The van der Waals surface area contributed by atoms with Crippen LogP contribution >= 0.6 is 0 Å². The third kappa shape index (κ3) is 1.14. The Morgan fingerprint density at radius 2 is 2.12 bits per heavy atom. The van der Waals surface area contributed by atoms with Gasteiger partial charge in [-0.25, -0.2) is 0 Å². The number of rotatable bonds is 0. The summed E-state index contributed by atoms with van der Waals surface area (Å²) in [5, 5.41) is 9.09. The summed E-state index contributed by atoms with van der Waals surface area (Å²) in [7, 11) is 0. The number of benzene rings is 1. The molecule has 0 amide bonds. The predicted octanol–water partition coefficient (Wildman–Crippen LogP) is 2.76. The number of ether oxygens (including phenoxy) is 1. The molecule has 3 rings (SSSR count). The summed E-state index contributed by atoms with van der Waals surface area (Å²) in [5.41, 5.74) is 3.50. The molecule has 3 heteroatoms. The van der Waals surface area contributed by atoms with E-state index in [2.05, 4.69) is 6.07 Å². The first-order valence-corrected chi connectivity index (χ1v) is 4.93. The molecule has 0 spiro atoms. The molecule has 2 aliphatic rings. The van der Waals surface area contributed by atoms with E-state index in [1.807, 2.05) is 41.4 Å². The van der Waals surface area contributed by atoms with Crippen molar-refractivity contribution in [2.45, 2.75) is 0 Å². The molecule has 1 aromatic carbocycles. The zero-order chi connectivity index (χ0) is 11.0. The van der Waals surface area contributed by atoms with Crippen LogP contribution in [0.15, 0.2) is 54.3 Å². The number of nitriles is 1. The maximum Gasteiger partial charge on any atom is 0.116 e. The lowest BCUT2D eigenvalue weighted by Gasteiger charge is -2.29. The summed E-state index contributed by atoms with van der Waals surface area (Å²) in [6, 6.07) is 10.1. The van der Waals surface area contributed by atoms with Gasteiger partial charge < -0.3 is 9.64 Å². The lowest BCUT2D eigenvalue weighted by atomic mass is 10.0. The Morgan fingerprint density at radius 1 is 1.25 bits per heavy atom. The summed E-state index contributed by atoms with van der Waals surface area (Å²) in [6.07, 6.45) is 6.88. The maximum absolute atomic E-state index is 9.09. The van der Waals surface area contributed by atoms with Gasteiger partial charge in [-0.05, 0) is 17.7 Å². The molecule has 0 unspecified atom stereocenters. The van der Waals surface area contributed by atoms with Crippen LogP contribution in [0.3, 0.4) is 0 Å². The molecule has 0 saturated carbocycles. The molecule has 2 aliphatic heterocycles. The Hall–Kier alpha value is -2.47. The topological polar surface area (TPSA) is 36.3 Å². The second-order valence-electron chi connectivity index (χ2n) is 3.52. The SMILES string of the molecule is N#CC1=Cc2ccccc2N2C=COC=C12. The van der Waals surface area contributed by atoms with E-state index in [1.165, 1.54) is 0 Å². The molecule has 0 aromatic heterocycles. The number of para-hydroxylation sites is 1. The van der Waals surface area contributed by atoms with Crippen molar-refractivity contribution in [1.29, 1.82) is 5.26 Å². The van der Waals surface area contributed by atoms with Gasteiger partial charge in [-0.1, -0.05) is 18.2 Å². The second kappa shape index (κ2) is 3.28. The molecule has 1 aromatic rings. The number of hydrogen-bond acceptors (Lipinski definition) is 3. The van der Waals surface area contributed by atoms with Gasteiger partial charge in [0.2, 0.25) is 0 Å². The van der Waals surface area contributed by atoms with Crippen LogP contribution in [-0.4, -0.2) is 0 Å².